The van der Waals surface area contributed by atoms with Crippen molar-refractivity contribution in [2.24, 2.45) is 5.92 Å². The molecule has 2 amide bonds. The van der Waals surface area contributed by atoms with E-state index in [4.69, 9.17) is 16.3 Å². The van der Waals surface area contributed by atoms with Crippen molar-refractivity contribution in [2.45, 2.75) is 57.5 Å². The number of benzene rings is 2. The lowest BCUT2D eigenvalue weighted by Gasteiger charge is -2.44. The van der Waals surface area contributed by atoms with Crippen LogP contribution < -0.4 is 10.6 Å². The standard InChI is InChI=1S/C30H42ClN3O4/c1-4-22-10-5-11-23(20-22)28-25(13-6-14-26(28)31)30(37,16-9-18-33-29(36)38-3)24-12-8-19-34(21-24)27(35)15-7-17-32-2/h5-6,10-11,13-14,20,24,32,37H,4,7-9,12,15-19,21H2,1-3H3,(H,33,36)/t24-,30?/m1/s1. The molecule has 0 aromatic heterocycles. The average molecular weight is 544 g/mol. The van der Waals surface area contributed by atoms with Gasteiger partial charge in [-0.15, -0.1) is 0 Å². The first-order valence-corrected chi connectivity index (χ1v) is 14.1. The normalized spacial score (nSPS) is 17.1. The predicted molar refractivity (Wildman–Crippen MR) is 152 cm³/mol. The Balaban J connectivity index is 1.98. The molecule has 0 radical (unpaired) electrons. The van der Waals surface area contributed by atoms with E-state index in [0.29, 0.717) is 43.9 Å². The number of nitrogens with zero attached hydrogens (tertiary/aromatic N) is 1. The zero-order valence-electron chi connectivity index (χ0n) is 22.9. The topological polar surface area (TPSA) is 90.9 Å². The minimum Gasteiger partial charge on any atom is -0.453 e. The lowest BCUT2D eigenvalue weighted by Crippen LogP contribution is -2.48. The van der Waals surface area contributed by atoms with Crippen LogP contribution in [0.3, 0.4) is 0 Å². The van der Waals surface area contributed by atoms with E-state index in [1.165, 1.54) is 12.7 Å². The van der Waals surface area contributed by atoms with Crippen LogP contribution in [-0.4, -0.2) is 62.3 Å². The molecule has 1 fully saturated rings. The summed E-state index contributed by atoms with van der Waals surface area (Å²) < 4.78 is 4.70. The number of carbonyl (C=O) groups excluding carboxylic acids is 2. The summed E-state index contributed by atoms with van der Waals surface area (Å²) in [6.07, 6.45) is 4.24. The first kappa shape index (κ1) is 29.9. The highest BCUT2D eigenvalue weighted by Crippen LogP contribution is 2.45. The van der Waals surface area contributed by atoms with E-state index >= 15 is 0 Å². The van der Waals surface area contributed by atoms with Crippen LogP contribution in [0.15, 0.2) is 42.5 Å². The smallest absolute Gasteiger partial charge is 0.406 e. The monoisotopic (exact) mass is 543 g/mol. The van der Waals surface area contributed by atoms with Crippen molar-refractivity contribution < 1.29 is 19.4 Å². The molecule has 3 rings (SSSR count). The van der Waals surface area contributed by atoms with Crippen molar-refractivity contribution in [3.05, 3.63) is 58.6 Å². The van der Waals surface area contributed by atoms with E-state index in [-0.39, 0.29) is 11.8 Å². The maximum Gasteiger partial charge on any atom is 0.406 e. The molecule has 1 aliphatic heterocycles. The Morgan fingerprint density at radius 2 is 1.97 bits per heavy atom. The molecular formula is C30H42ClN3O4. The Morgan fingerprint density at radius 3 is 2.71 bits per heavy atom. The molecule has 38 heavy (non-hydrogen) atoms. The van der Waals surface area contributed by atoms with E-state index in [0.717, 1.165) is 48.9 Å². The number of rotatable bonds is 12. The molecule has 1 aliphatic rings. The molecule has 1 heterocycles. The summed E-state index contributed by atoms with van der Waals surface area (Å²) in [7, 11) is 3.22. The van der Waals surface area contributed by atoms with Crippen LogP contribution in [0, 0.1) is 5.92 Å². The molecule has 208 valence electrons. The van der Waals surface area contributed by atoms with Gasteiger partial charge in [-0.1, -0.05) is 54.9 Å². The van der Waals surface area contributed by atoms with Crippen molar-refractivity contribution in [1.29, 1.82) is 0 Å². The summed E-state index contributed by atoms with van der Waals surface area (Å²) in [6, 6.07) is 14.0. The molecule has 0 spiro atoms. The molecule has 0 saturated carbocycles. The number of carbonyl (C=O) groups is 2. The second-order valence-electron chi connectivity index (χ2n) is 10.0. The molecule has 1 saturated heterocycles. The van der Waals surface area contributed by atoms with E-state index in [1.807, 2.05) is 42.3 Å². The van der Waals surface area contributed by atoms with Gasteiger partial charge in [-0.25, -0.2) is 4.79 Å². The summed E-state index contributed by atoms with van der Waals surface area (Å²) >= 11 is 6.82. The number of aliphatic hydroxyl groups is 1. The predicted octanol–water partition coefficient (Wildman–Crippen LogP) is 5.13. The number of halogens is 1. The molecular weight excluding hydrogens is 502 g/mol. The molecule has 1 unspecified atom stereocenters. The Kier molecular flexibility index (Phi) is 11.4. The summed E-state index contributed by atoms with van der Waals surface area (Å²) in [4.78, 5) is 26.5. The zero-order valence-corrected chi connectivity index (χ0v) is 23.7. The van der Waals surface area contributed by atoms with Gasteiger partial charge in [-0.3, -0.25) is 4.79 Å². The van der Waals surface area contributed by atoms with Gasteiger partial charge in [0.2, 0.25) is 5.91 Å². The second kappa shape index (κ2) is 14.5. The highest BCUT2D eigenvalue weighted by Gasteiger charge is 2.42. The van der Waals surface area contributed by atoms with Crippen molar-refractivity contribution in [3.8, 4) is 11.1 Å². The van der Waals surface area contributed by atoms with Gasteiger partial charge in [0, 0.05) is 42.6 Å². The number of amides is 2. The summed E-state index contributed by atoms with van der Waals surface area (Å²) in [5.41, 5.74) is 2.50. The molecule has 2 aromatic carbocycles. The van der Waals surface area contributed by atoms with Crippen molar-refractivity contribution in [3.63, 3.8) is 0 Å². The fraction of sp³-hybridized carbons (Fsp3) is 0.533. The molecule has 0 aliphatic carbocycles. The Morgan fingerprint density at radius 1 is 1.18 bits per heavy atom. The lowest BCUT2D eigenvalue weighted by atomic mass is 9.72. The quantitative estimate of drug-likeness (QED) is 0.323. The minimum absolute atomic E-state index is 0.127. The Hall–Kier alpha value is -2.61. The van der Waals surface area contributed by atoms with Crippen LogP contribution in [0.2, 0.25) is 5.02 Å². The molecule has 8 heteroatoms. The third-order valence-electron chi connectivity index (χ3n) is 7.56. The van der Waals surface area contributed by atoms with E-state index in [1.54, 1.807) is 0 Å². The number of nitrogens with one attached hydrogen (secondary N) is 2. The maximum absolute atomic E-state index is 13.0. The lowest BCUT2D eigenvalue weighted by molar-refractivity contribution is -0.136. The third-order valence-corrected chi connectivity index (χ3v) is 7.88. The average Bonchev–Trinajstić information content (AvgIpc) is 2.95. The van der Waals surface area contributed by atoms with E-state index < -0.39 is 11.7 Å². The van der Waals surface area contributed by atoms with Crippen LogP contribution in [0.1, 0.15) is 56.6 Å². The number of likely N-dealkylation sites (tertiary alicyclic amines) is 1. The highest BCUT2D eigenvalue weighted by molar-refractivity contribution is 6.33. The Labute approximate surface area is 231 Å². The van der Waals surface area contributed by atoms with Crippen molar-refractivity contribution >= 4 is 23.6 Å². The fourth-order valence-corrected chi connectivity index (χ4v) is 5.76. The summed E-state index contributed by atoms with van der Waals surface area (Å²) in [5.74, 6) is -0.0455. The number of ether oxygens (including phenoxy) is 1. The molecule has 3 N–H and O–H groups in total. The number of alkyl carbamates (subject to hydrolysis) is 1. The van der Waals surface area contributed by atoms with Crippen LogP contribution in [0.5, 0.6) is 0 Å². The summed E-state index contributed by atoms with van der Waals surface area (Å²) in [5, 5.41) is 19.0. The number of aryl methyl sites for hydroxylation is 1. The Bertz CT molecular complexity index is 1080. The largest absolute Gasteiger partial charge is 0.453 e. The third kappa shape index (κ3) is 7.49. The first-order chi connectivity index (χ1) is 18.3. The molecule has 7 nitrogen and oxygen atoms in total. The van der Waals surface area contributed by atoms with Gasteiger partial charge in [0.05, 0.1) is 12.7 Å². The van der Waals surface area contributed by atoms with Gasteiger partial charge < -0.3 is 25.4 Å². The fourth-order valence-electron chi connectivity index (χ4n) is 5.47. The highest BCUT2D eigenvalue weighted by atomic mass is 35.5. The van der Waals surface area contributed by atoms with Crippen LogP contribution in [0.4, 0.5) is 4.79 Å². The van der Waals surface area contributed by atoms with Gasteiger partial charge >= 0.3 is 6.09 Å². The number of piperidine rings is 1. The zero-order chi connectivity index (χ0) is 27.5. The van der Waals surface area contributed by atoms with Gasteiger partial charge in [0.15, 0.2) is 0 Å². The van der Waals surface area contributed by atoms with Gasteiger partial charge in [-0.05, 0) is 74.9 Å². The van der Waals surface area contributed by atoms with Crippen LogP contribution in [0.25, 0.3) is 11.1 Å². The number of methoxy groups -OCH3 is 1. The van der Waals surface area contributed by atoms with E-state index in [9.17, 15) is 14.7 Å². The SMILES string of the molecule is CCc1cccc(-c2c(Cl)cccc2C(O)(CCCNC(=O)OC)[C@@H]2CCCN(C(=O)CCCNC)C2)c1. The van der Waals surface area contributed by atoms with Gasteiger partial charge in [-0.2, -0.15) is 0 Å². The molecule has 0 bridgehead atoms. The van der Waals surface area contributed by atoms with Gasteiger partial charge in [0.1, 0.15) is 0 Å². The van der Waals surface area contributed by atoms with Crippen LogP contribution >= 0.6 is 11.6 Å². The summed E-state index contributed by atoms with van der Waals surface area (Å²) in [6.45, 7) is 4.47. The van der Waals surface area contributed by atoms with Gasteiger partial charge in [0.25, 0.3) is 0 Å². The number of hydrogen-bond acceptors (Lipinski definition) is 5. The van der Waals surface area contributed by atoms with Crippen LogP contribution in [-0.2, 0) is 21.6 Å². The van der Waals surface area contributed by atoms with E-state index in [2.05, 4.69) is 29.7 Å². The van der Waals surface area contributed by atoms with Crippen molar-refractivity contribution in [1.82, 2.24) is 15.5 Å². The molecule has 2 aromatic rings. The first-order valence-electron chi connectivity index (χ1n) is 13.7. The minimum atomic E-state index is -1.25. The van der Waals surface area contributed by atoms with Crippen molar-refractivity contribution in [2.75, 3.05) is 40.3 Å². The number of hydrogen-bond donors (Lipinski definition) is 3. The maximum atomic E-state index is 13.0. The molecule has 2 atom stereocenters. The second-order valence-corrected chi connectivity index (χ2v) is 10.5.